The predicted molar refractivity (Wildman–Crippen MR) is 120 cm³/mol. The van der Waals surface area contributed by atoms with Gasteiger partial charge in [0.15, 0.2) is 0 Å². The molecule has 0 radical (unpaired) electrons. The molecule has 0 N–H and O–H groups in total. The maximum atomic E-state index is 14.9. The second-order valence-corrected chi connectivity index (χ2v) is 9.02. The number of hydrogen-bond acceptors (Lipinski definition) is 0. The first-order valence-electron chi connectivity index (χ1n) is 10.8. The third-order valence-electron chi connectivity index (χ3n) is 6.58. The van der Waals surface area contributed by atoms with E-state index in [1.165, 1.54) is 5.56 Å². The molecule has 0 saturated heterocycles. The van der Waals surface area contributed by atoms with E-state index in [1.807, 2.05) is 49.4 Å². The summed E-state index contributed by atoms with van der Waals surface area (Å²) in [6.45, 7) is 2.01. The van der Waals surface area contributed by atoms with Crippen molar-refractivity contribution in [3.8, 4) is 0 Å². The second-order valence-electron chi connectivity index (χ2n) is 8.58. The summed E-state index contributed by atoms with van der Waals surface area (Å²) in [5.41, 5.74) is 3.40. The van der Waals surface area contributed by atoms with E-state index in [4.69, 9.17) is 11.6 Å². The lowest BCUT2D eigenvalue weighted by atomic mass is 9.76. The number of rotatable bonds is 5. The zero-order valence-electron chi connectivity index (χ0n) is 17.3. The molecule has 1 atom stereocenters. The third-order valence-corrected chi connectivity index (χ3v) is 6.83. The van der Waals surface area contributed by atoms with Crippen LogP contribution in [0.25, 0.3) is 0 Å². The minimum atomic E-state index is -0.410. The lowest BCUT2D eigenvalue weighted by Crippen LogP contribution is -2.13. The van der Waals surface area contributed by atoms with Crippen molar-refractivity contribution in [3.05, 3.63) is 106 Å². The molecular weight excluding hydrogens is 398 g/mol. The summed E-state index contributed by atoms with van der Waals surface area (Å²) in [5.74, 6) is -0.0339. The van der Waals surface area contributed by atoms with E-state index in [0.29, 0.717) is 12.3 Å². The molecule has 1 saturated carbocycles. The molecule has 0 aromatic heterocycles. The summed E-state index contributed by atoms with van der Waals surface area (Å²) < 4.78 is 29.7. The molecule has 0 bridgehead atoms. The Hall–Kier alpha value is -2.19. The van der Waals surface area contributed by atoms with Crippen LogP contribution in [0.2, 0.25) is 5.02 Å². The van der Waals surface area contributed by atoms with E-state index in [1.54, 1.807) is 12.1 Å². The summed E-state index contributed by atoms with van der Waals surface area (Å²) in [6, 6.07) is 21.1. The van der Waals surface area contributed by atoms with Crippen LogP contribution in [0.15, 0.2) is 66.7 Å². The maximum absolute atomic E-state index is 14.9. The first-order valence-corrected chi connectivity index (χ1v) is 11.2. The fourth-order valence-electron chi connectivity index (χ4n) is 4.75. The Kier molecular flexibility index (Phi) is 6.53. The molecule has 0 amide bonds. The molecule has 3 aromatic carbocycles. The summed E-state index contributed by atoms with van der Waals surface area (Å²) in [5, 5.41) is 0.750. The maximum Gasteiger partial charge on any atom is 0.129 e. The predicted octanol–water partition coefficient (Wildman–Crippen LogP) is 8.41. The zero-order valence-corrected chi connectivity index (χ0v) is 18.0. The second kappa shape index (κ2) is 9.31. The molecule has 1 aliphatic rings. The fourth-order valence-corrected chi connectivity index (χ4v) is 4.88. The van der Waals surface area contributed by atoms with Gasteiger partial charge in [-0.15, -0.1) is 0 Å². The van der Waals surface area contributed by atoms with Gasteiger partial charge in [-0.25, -0.2) is 8.78 Å². The topological polar surface area (TPSA) is 0 Å². The van der Waals surface area contributed by atoms with Crippen LogP contribution in [0.3, 0.4) is 0 Å². The monoisotopic (exact) mass is 424 g/mol. The first kappa shape index (κ1) is 21.1. The molecule has 0 heterocycles. The molecule has 1 fully saturated rings. The summed E-state index contributed by atoms with van der Waals surface area (Å²) in [4.78, 5) is 0. The number of halogens is 3. The normalized spacial score (nSPS) is 20.1. The van der Waals surface area contributed by atoms with Gasteiger partial charge in [0, 0.05) is 10.6 Å². The molecule has 0 aliphatic heterocycles. The van der Waals surface area contributed by atoms with Crippen molar-refractivity contribution in [2.75, 3.05) is 0 Å². The minimum Gasteiger partial charge on any atom is -0.207 e. The molecule has 30 heavy (non-hydrogen) atoms. The van der Waals surface area contributed by atoms with Gasteiger partial charge in [0.2, 0.25) is 0 Å². The van der Waals surface area contributed by atoms with Gasteiger partial charge in [-0.2, -0.15) is 0 Å². The number of hydrogen-bond donors (Lipinski definition) is 0. The summed E-state index contributed by atoms with van der Waals surface area (Å²) in [7, 11) is 0. The van der Waals surface area contributed by atoms with Crippen LogP contribution in [0.4, 0.5) is 8.78 Å². The van der Waals surface area contributed by atoms with E-state index in [0.717, 1.165) is 41.8 Å². The van der Waals surface area contributed by atoms with Gasteiger partial charge in [0.05, 0.1) is 0 Å². The van der Waals surface area contributed by atoms with Gasteiger partial charge >= 0.3 is 0 Å². The van der Waals surface area contributed by atoms with Crippen molar-refractivity contribution in [3.63, 3.8) is 0 Å². The Bertz CT molecular complexity index is 950. The van der Waals surface area contributed by atoms with Gasteiger partial charge in [-0.1, -0.05) is 61.0 Å². The molecule has 3 heteroatoms. The SMILES string of the molecule is CC(Cc1c(F)cc(C2CCC(c3ccc(Cl)cc3)CC2)cc1F)c1ccccc1. The fraction of sp³-hybridized carbons (Fsp3) is 0.333. The van der Waals surface area contributed by atoms with Crippen LogP contribution in [0.1, 0.15) is 72.6 Å². The first-order chi connectivity index (χ1) is 14.5. The Balaban J connectivity index is 1.44. The average Bonchev–Trinajstić information content (AvgIpc) is 2.77. The van der Waals surface area contributed by atoms with Crippen molar-refractivity contribution < 1.29 is 8.78 Å². The van der Waals surface area contributed by atoms with Gasteiger partial charge in [0.1, 0.15) is 11.6 Å². The van der Waals surface area contributed by atoms with Crippen LogP contribution >= 0.6 is 11.6 Å². The van der Waals surface area contributed by atoms with Crippen molar-refractivity contribution in [2.24, 2.45) is 0 Å². The smallest absolute Gasteiger partial charge is 0.129 e. The zero-order chi connectivity index (χ0) is 21.1. The van der Waals surface area contributed by atoms with Crippen LogP contribution < -0.4 is 0 Å². The average molecular weight is 425 g/mol. The lowest BCUT2D eigenvalue weighted by Gasteiger charge is -2.29. The van der Waals surface area contributed by atoms with Crippen molar-refractivity contribution >= 4 is 11.6 Å². The van der Waals surface area contributed by atoms with Crippen LogP contribution in [0, 0.1) is 11.6 Å². The van der Waals surface area contributed by atoms with Gasteiger partial charge in [-0.3, -0.25) is 0 Å². The molecule has 156 valence electrons. The Labute approximate surface area is 182 Å². The number of benzene rings is 3. The van der Waals surface area contributed by atoms with Crippen molar-refractivity contribution in [1.82, 2.24) is 0 Å². The highest BCUT2D eigenvalue weighted by Crippen LogP contribution is 2.41. The van der Waals surface area contributed by atoms with Crippen molar-refractivity contribution in [2.45, 2.75) is 56.8 Å². The molecule has 0 nitrogen and oxygen atoms in total. The minimum absolute atomic E-state index is 0.0656. The summed E-state index contributed by atoms with van der Waals surface area (Å²) in [6.07, 6.45) is 4.33. The molecule has 3 aromatic rings. The van der Waals surface area contributed by atoms with E-state index < -0.39 is 11.6 Å². The highest BCUT2D eigenvalue weighted by molar-refractivity contribution is 6.30. The van der Waals surface area contributed by atoms with E-state index in [9.17, 15) is 8.78 Å². The highest BCUT2D eigenvalue weighted by atomic mass is 35.5. The molecule has 0 spiro atoms. The Morgan fingerprint density at radius 1 is 0.800 bits per heavy atom. The lowest BCUT2D eigenvalue weighted by molar-refractivity contribution is 0.393. The quantitative estimate of drug-likeness (QED) is 0.385. The highest BCUT2D eigenvalue weighted by Gasteiger charge is 2.25. The van der Waals surface area contributed by atoms with Gasteiger partial charge < -0.3 is 0 Å². The Morgan fingerprint density at radius 3 is 1.90 bits per heavy atom. The van der Waals surface area contributed by atoms with Crippen LogP contribution in [-0.2, 0) is 6.42 Å². The molecular formula is C27H27ClF2. The third kappa shape index (κ3) is 4.75. The molecule has 4 rings (SSSR count). The Morgan fingerprint density at radius 2 is 1.33 bits per heavy atom. The summed E-state index contributed by atoms with van der Waals surface area (Å²) >= 11 is 5.99. The molecule has 1 aliphatic carbocycles. The van der Waals surface area contributed by atoms with E-state index >= 15 is 0 Å². The molecule has 1 unspecified atom stereocenters. The van der Waals surface area contributed by atoms with Gasteiger partial charge in [0.25, 0.3) is 0 Å². The standard InChI is InChI=1S/C27H27ClF2/c1-18(19-5-3-2-4-6-19)15-25-26(29)16-23(17-27(25)30)22-9-7-20(8-10-22)21-11-13-24(28)14-12-21/h2-6,11-14,16-18,20,22H,7-10,15H2,1H3. The van der Waals surface area contributed by atoms with E-state index in [-0.39, 0.29) is 17.4 Å². The van der Waals surface area contributed by atoms with E-state index in [2.05, 4.69) is 12.1 Å². The van der Waals surface area contributed by atoms with Crippen LogP contribution in [0.5, 0.6) is 0 Å². The van der Waals surface area contributed by atoms with Crippen LogP contribution in [-0.4, -0.2) is 0 Å². The largest absolute Gasteiger partial charge is 0.207 e. The van der Waals surface area contributed by atoms with Crippen molar-refractivity contribution in [1.29, 1.82) is 0 Å². The van der Waals surface area contributed by atoms with Gasteiger partial charge in [-0.05, 0) is 90.8 Å².